The molecule has 0 unspecified atom stereocenters. The van der Waals surface area contributed by atoms with Crippen LogP contribution in [-0.2, 0) is 6.42 Å². The molecule has 1 atom stereocenters. The molecular formula is C12H14N2S. The molecule has 78 valence electrons. The molecule has 0 saturated carbocycles. The average Bonchev–Trinajstić information content (AvgIpc) is 2.66. The van der Waals surface area contributed by atoms with E-state index in [0.717, 1.165) is 12.2 Å². The first-order valence-electron chi connectivity index (χ1n) is 5.28. The summed E-state index contributed by atoms with van der Waals surface area (Å²) in [6.45, 7) is 0. The molecule has 0 radical (unpaired) electrons. The summed E-state index contributed by atoms with van der Waals surface area (Å²) >= 11 is 1.93. The Balaban J connectivity index is 2.14. The molecule has 0 spiro atoms. The van der Waals surface area contributed by atoms with Crippen LogP contribution in [0.25, 0.3) is 10.9 Å². The molecular weight excluding hydrogens is 204 g/mol. The second kappa shape index (κ2) is 3.58. The molecule has 2 aromatic rings. The first-order chi connectivity index (χ1) is 7.38. The molecule has 0 fully saturated rings. The van der Waals surface area contributed by atoms with Crippen LogP contribution in [0.1, 0.15) is 5.56 Å². The topological polar surface area (TPSA) is 27.8 Å². The van der Waals surface area contributed by atoms with E-state index in [-0.39, 0.29) is 0 Å². The average molecular weight is 218 g/mol. The van der Waals surface area contributed by atoms with Gasteiger partial charge in [-0.3, -0.25) is 0 Å². The van der Waals surface area contributed by atoms with Crippen LogP contribution < -0.4 is 5.32 Å². The maximum Gasteiger partial charge on any atom is 0.0766 e. The standard InChI is InChI=1S/C12H14N2S/c1-13-8-6-10-9-4-2-3-5-11(9)14-12(10)15-7-8/h2-5,8,13-14H,6-7H2,1H3/t8-/m0/s1. The maximum atomic E-state index is 3.50. The van der Waals surface area contributed by atoms with Gasteiger partial charge < -0.3 is 10.3 Å². The Labute approximate surface area is 93.4 Å². The van der Waals surface area contributed by atoms with E-state index in [2.05, 4.69) is 34.6 Å². The van der Waals surface area contributed by atoms with Gasteiger partial charge in [0.1, 0.15) is 0 Å². The third-order valence-corrected chi connectivity index (χ3v) is 4.27. The summed E-state index contributed by atoms with van der Waals surface area (Å²) in [6, 6.07) is 9.18. The number of para-hydroxylation sites is 1. The normalized spacial score (nSPS) is 20.5. The van der Waals surface area contributed by atoms with Crippen molar-refractivity contribution >= 4 is 22.7 Å². The maximum absolute atomic E-state index is 3.50. The second-order valence-electron chi connectivity index (χ2n) is 3.98. The van der Waals surface area contributed by atoms with Crippen LogP contribution in [0.15, 0.2) is 29.3 Å². The van der Waals surface area contributed by atoms with Crippen LogP contribution in [0.5, 0.6) is 0 Å². The molecule has 1 aromatic carbocycles. The first-order valence-corrected chi connectivity index (χ1v) is 6.26. The molecule has 0 amide bonds. The summed E-state index contributed by atoms with van der Waals surface area (Å²) in [5, 5.41) is 6.12. The van der Waals surface area contributed by atoms with E-state index in [1.165, 1.54) is 21.5 Å². The minimum absolute atomic E-state index is 0.613. The molecule has 0 saturated heterocycles. The minimum atomic E-state index is 0.613. The quantitative estimate of drug-likeness (QED) is 0.769. The molecule has 3 rings (SSSR count). The predicted octanol–water partition coefficient (Wildman–Crippen LogP) is 2.40. The first kappa shape index (κ1) is 9.31. The monoisotopic (exact) mass is 218 g/mol. The van der Waals surface area contributed by atoms with Gasteiger partial charge in [-0.15, -0.1) is 11.8 Å². The van der Waals surface area contributed by atoms with Crippen molar-refractivity contribution in [2.45, 2.75) is 17.5 Å². The van der Waals surface area contributed by atoms with E-state index in [1.807, 2.05) is 18.8 Å². The lowest BCUT2D eigenvalue weighted by atomic mass is 10.1. The number of rotatable bonds is 1. The van der Waals surface area contributed by atoms with Crippen molar-refractivity contribution in [1.82, 2.24) is 10.3 Å². The Morgan fingerprint density at radius 3 is 3.13 bits per heavy atom. The highest BCUT2D eigenvalue weighted by atomic mass is 32.2. The summed E-state index contributed by atoms with van der Waals surface area (Å²) in [5.41, 5.74) is 2.76. The number of benzene rings is 1. The largest absolute Gasteiger partial charge is 0.349 e. The molecule has 2 N–H and O–H groups in total. The summed E-state index contributed by atoms with van der Waals surface area (Å²) in [4.78, 5) is 3.50. The summed E-state index contributed by atoms with van der Waals surface area (Å²) in [5.74, 6) is 1.16. The number of aromatic amines is 1. The van der Waals surface area contributed by atoms with Crippen molar-refractivity contribution in [3.63, 3.8) is 0 Å². The van der Waals surface area contributed by atoms with E-state index in [4.69, 9.17) is 0 Å². The van der Waals surface area contributed by atoms with Crippen molar-refractivity contribution in [3.8, 4) is 0 Å². The van der Waals surface area contributed by atoms with Crippen LogP contribution in [0.3, 0.4) is 0 Å². The van der Waals surface area contributed by atoms with E-state index < -0.39 is 0 Å². The smallest absolute Gasteiger partial charge is 0.0766 e. The fourth-order valence-corrected chi connectivity index (χ4v) is 3.38. The predicted molar refractivity (Wildman–Crippen MR) is 65.6 cm³/mol. The Morgan fingerprint density at radius 2 is 2.27 bits per heavy atom. The van der Waals surface area contributed by atoms with Gasteiger partial charge in [0.2, 0.25) is 0 Å². The fraction of sp³-hybridized carbons (Fsp3) is 0.333. The Bertz CT molecular complexity index is 489. The SMILES string of the molecule is CN[C@@H]1CSc2[nH]c3ccccc3c2C1. The third-order valence-electron chi connectivity index (χ3n) is 3.06. The van der Waals surface area contributed by atoms with Gasteiger partial charge in [0, 0.05) is 22.7 Å². The highest BCUT2D eigenvalue weighted by molar-refractivity contribution is 7.99. The zero-order valence-electron chi connectivity index (χ0n) is 8.71. The second-order valence-corrected chi connectivity index (χ2v) is 5.01. The molecule has 0 bridgehead atoms. The van der Waals surface area contributed by atoms with Crippen LogP contribution in [0.4, 0.5) is 0 Å². The van der Waals surface area contributed by atoms with Crippen LogP contribution in [-0.4, -0.2) is 23.8 Å². The molecule has 2 heterocycles. The van der Waals surface area contributed by atoms with E-state index >= 15 is 0 Å². The molecule has 2 nitrogen and oxygen atoms in total. The highest BCUT2D eigenvalue weighted by Gasteiger charge is 2.21. The lowest BCUT2D eigenvalue weighted by molar-refractivity contribution is 0.605. The highest BCUT2D eigenvalue weighted by Crippen LogP contribution is 2.34. The van der Waals surface area contributed by atoms with E-state index in [9.17, 15) is 0 Å². The number of H-pyrrole nitrogens is 1. The number of thioether (sulfide) groups is 1. The van der Waals surface area contributed by atoms with Gasteiger partial charge in [-0.05, 0) is 25.1 Å². The van der Waals surface area contributed by atoms with Crippen molar-refractivity contribution in [1.29, 1.82) is 0 Å². The molecule has 3 heteroatoms. The van der Waals surface area contributed by atoms with Gasteiger partial charge in [-0.1, -0.05) is 18.2 Å². The molecule has 15 heavy (non-hydrogen) atoms. The van der Waals surface area contributed by atoms with E-state index in [0.29, 0.717) is 6.04 Å². The van der Waals surface area contributed by atoms with Gasteiger partial charge in [0.05, 0.1) is 5.03 Å². The van der Waals surface area contributed by atoms with E-state index in [1.54, 1.807) is 0 Å². The zero-order valence-corrected chi connectivity index (χ0v) is 9.53. The van der Waals surface area contributed by atoms with Crippen LogP contribution >= 0.6 is 11.8 Å². The lowest BCUT2D eigenvalue weighted by Crippen LogP contribution is -2.32. The van der Waals surface area contributed by atoms with Crippen LogP contribution in [0, 0.1) is 0 Å². The number of nitrogens with one attached hydrogen (secondary N) is 2. The summed E-state index contributed by atoms with van der Waals surface area (Å²) in [7, 11) is 2.05. The molecule has 1 aromatic heterocycles. The van der Waals surface area contributed by atoms with Gasteiger partial charge in [-0.2, -0.15) is 0 Å². The number of fused-ring (bicyclic) bond motifs is 3. The molecule has 1 aliphatic rings. The van der Waals surface area contributed by atoms with Crippen LogP contribution in [0.2, 0.25) is 0 Å². The van der Waals surface area contributed by atoms with Gasteiger partial charge in [0.15, 0.2) is 0 Å². The molecule has 0 aliphatic carbocycles. The van der Waals surface area contributed by atoms with Crippen molar-refractivity contribution in [2.24, 2.45) is 0 Å². The van der Waals surface area contributed by atoms with Gasteiger partial charge >= 0.3 is 0 Å². The lowest BCUT2D eigenvalue weighted by Gasteiger charge is -2.21. The van der Waals surface area contributed by atoms with Gasteiger partial charge in [-0.25, -0.2) is 0 Å². The number of hydrogen-bond acceptors (Lipinski definition) is 2. The number of hydrogen-bond donors (Lipinski definition) is 2. The fourth-order valence-electron chi connectivity index (χ4n) is 2.18. The van der Waals surface area contributed by atoms with Crippen molar-refractivity contribution < 1.29 is 0 Å². The van der Waals surface area contributed by atoms with Crippen molar-refractivity contribution in [3.05, 3.63) is 29.8 Å². The third kappa shape index (κ3) is 1.46. The molecule has 1 aliphatic heterocycles. The number of aromatic nitrogens is 1. The zero-order chi connectivity index (χ0) is 10.3. The Hall–Kier alpha value is -0.930. The summed E-state index contributed by atoms with van der Waals surface area (Å²) in [6.07, 6.45) is 1.14. The minimum Gasteiger partial charge on any atom is -0.349 e. The van der Waals surface area contributed by atoms with Gasteiger partial charge in [0.25, 0.3) is 0 Å². The summed E-state index contributed by atoms with van der Waals surface area (Å²) < 4.78 is 0. The Morgan fingerprint density at radius 1 is 1.40 bits per heavy atom. The number of likely N-dealkylation sites (N-methyl/N-ethyl adjacent to an activating group) is 1. The van der Waals surface area contributed by atoms with Crippen molar-refractivity contribution in [2.75, 3.05) is 12.8 Å². The Kier molecular flexibility index (Phi) is 2.22.